The molecular weight excluding hydrogens is 378 g/mol. The molecule has 0 atom stereocenters. The number of rotatable bonds is 3. The van der Waals surface area contributed by atoms with E-state index in [1.54, 1.807) is 12.1 Å². The van der Waals surface area contributed by atoms with Gasteiger partial charge in [-0.25, -0.2) is 4.39 Å². The molecule has 0 aliphatic carbocycles. The van der Waals surface area contributed by atoms with Crippen molar-refractivity contribution in [3.05, 3.63) is 77.1 Å². The first kappa shape index (κ1) is 17.8. The van der Waals surface area contributed by atoms with Gasteiger partial charge < -0.3 is 4.74 Å². The van der Waals surface area contributed by atoms with Crippen molar-refractivity contribution in [1.82, 2.24) is 14.8 Å². The first-order valence-corrected chi connectivity index (χ1v) is 8.03. The summed E-state index contributed by atoms with van der Waals surface area (Å²) in [7, 11) is 0. The number of hydrogen-bond donors (Lipinski definition) is 1. The van der Waals surface area contributed by atoms with Gasteiger partial charge in [-0.15, -0.1) is 13.2 Å². The molecule has 0 amide bonds. The quantitative estimate of drug-likeness (QED) is 0.528. The Labute approximate surface area is 154 Å². The largest absolute Gasteiger partial charge is 0.573 e. The van der Waals surface area contributed by atoms with Crippen molar-refractivity contribution >= 4 is 10.9 Å². The van der Waals surface area contributed by atoms with E-state index in [0.717, 1.165) is 12.1 Å². The molecule has 0 aliphatic rings. The van der Waals surface area contributed by atoms with Crippen LogP contribution < -0.4 is 10.3 Å². The van der Waals surface area contributed by atoms with Gasteiger partial charge in [0, 0.05) is 22.8 Å². The van der Waals surface area contributed by atoms with Crippen molar-refractivity contribution < 1.29 is 22.3 Å². The third-order valence-corrected chi connectivity index (χ3v) is 4.12. The predicted octanol–water partition coefficient (Wildman–Crippen LogP) is 4.42. The van der Waals surface area contributed by atoms with Crippen LogP contribution in [0.4, 0.5) is 17.6 Å². The summed E-state index contributed by atoms with van der Waals surface area (Å²) in [6.45, 7) is 0. The number of nitrogens with one attached hydrogen (secondary N) is 1. The van der Waals surface area contributed by atoms with Gasteiger partial charge in [-0.05, 0) is 42.0 Å². The molecule has 4 rings (SSSR count). The molecule has 9 heteroatoms. The van der Waals surface area contributed by atoms with E-state index < -0.39 is 23.5 Å². The highest BCUT2D eigenvalue weighted by Gasteiger charge is 2.31. The van der Waals surface area contributed by atoms with Gasteiger partial charge in [-0.3, -0.25) is 14.5 Å². The SMILES string of the molecule is O=c1c2[nH]ncc2c(-c2ccc(F)cc2)cn1-c1ccc(OC(F)(F)F)cc1. The second-order valence-corrected chi connectivity index (χ2v) is 5.93. The minimum Gasteiger partial charge on any atom is -0.406 e. The van der Waals surface area contributed by atoms with E-state index >= 15 is 0 Å². The molecule has 0 saturated heterocycles. The van der Waals surface area contributed by atoms with E-state index in [2.05, 4.69) is 14.9 Å². The summed E-state index contributed by atoms with van der Waals surface area (Å²) in [5.41, 5.74) is 1.39. The predicted molar refractivity (Wildman–Crippen MR) is 93.8 cm³/mol. The minimum absolute atomic E-state index is 0.220. The van der Waals surface area contributed by atoms with Crippen molar-refractivity contribution in [3.63, 3.8) is 0 Å². The lowest BCUT2D eigenvalue weighted by molar-refractivity contribution is -0.274. The number of aromatic nitrogens is 3. The third kappa shape index (κ3) is 3.34. The zero-order valence-electron chi connectivity index (χ0n) is 14.0. The topological polar surface area (TPSA) is 59.9 Å². The van der Waals surface area contributed by atoms with Gasteiger partial charge in [0.15, 0.2) is 0 Å². The van der Waals surface area contributed by atoms with Crippen LogP contribution in [0, 0.1) is 5.82 Å². The van der Waals surface area contributed by atoms with Gasteiger partial charge in [0.2, 0.25) is 0 Å². The van der Waals surface area contributed by atoms with Gasteiger partial charge in [0.1, 0.15) is 17.1 Å². The lowest BCUT2D eigenvalue weighted by Crippen LogP contribution is -2.19. The molecule has 0 saturated carbocycles. The van der Waals surface area contributed by atoms with E-state index in [1.807, 2.05) is 0 Å². The third-order valence-electron chi connectivity index (χ3n) is 4.12. The molecule has 4 aromatic rings. The zero-order chi connectivity index (χ0) is 19.9. The molecule has 0 spiro atoms. The van der Waals surface area contributed by atoms with Crippen LogP contribution in [0.15, 0.2) is 65.7 Å². The van der Waals surface area contributed by atoms with Crippen molar-refractivity contribution in [2.45, 2.75) is 6.36 Å². The average Bonchev–Trinajstić information content (AvgIpc) is 3.13. The highest BCUT2D eigenvalue weighted by Crippen LogP contribution is 2.28. The molecule has 2 aromatic heterocycles. The van der Waals surface area contributed by atoms with Crippen molar-refractivity contribution in [1.29, 1.82) is 0 Å². The number of fused-ring (bicyclic) bond motifs is 1. The summed E-state index contributed by atoms with van der Waals surface area (Å²) in [5, 5.41) is 7.07. The summed E-state index contributed by atoms with van der Waals surface area (Å²) in [4.78, 5) is 12.8. The lowest BCUT2D eigenvalue weighted by Gasteiger charge is -2.12. The lowest BCUT2D eigenvalue weighted by atomic mass is 10.0. The Morgan fingerprint density at radius 1 is 1.00 bits per heavy atom. The molecule has 142 valence electrons. The minimum atomic E-state index is -4.80. The summed E-state index contributed by atoms with van der Waals surface area (Å²) in [6, 6.07) is 10.6. The Kier molecular flexibility index (Phi) is 4.14. The van der Waals surface area contributed by atoms with Crippen molar-refractivity contribution in [2.75, 3.05) is 0 Å². The van der Waals surface area contributed by atoms with Crippen molar-refractivity contribution in [2.24, 2.45) is 0 Å². The molecule has 2 aromatic carbocycles. The highest BCUT2D eigenvalue weighted by molar-refractivity contribution is 5.93. The van der Waals surface area contributed by atoms with Gasteiger partial charge in [-0.2, -0.15) is 5.10 Å². The van der Waals surface area contributed by atoms with Gasteiger partial charge in [0.25, 0.3) is 5.56 Å². The average molecular weight is 389 g/mol. The molecular formula is C19H11F4N3O2. The Morgan fingerprint density at radius 2 is 1.68 bits per heavy atom. The number of hydrogen-bond acceptors (Lipinski definition) is 3. The van der Waals surface area contributed by atoms with E-state index in [1.165, 1.54) is 41.2 Å². The molecule has 0 aliphatic heterocycles. The van der Waals surface area contributed by atoms with E-state index in [4.69, 9.17) is 0 Å². The van der Waals surface area contributed by atoms with Gasteiger partial charge >= 0.3 is 6.36 Å². The summed E-state index contributed by atoms with van der Waals surface area (Å²) < 4.78 is 55.3. The molecule has 0 unspecified atom stereocenters. The van der Waals surface area contributed by atoms with Crippen LogP contribution in [0.25, 0.3) is 27.7 Å². The monoisotopic (exact) mass is 389 g/mol. The Bertz CT molecular complexity index is 1190. The fraction of sp³-hybridized carbons (Fsp3) is 0.0526. The maximum Gasteiger partial charge on any atom is 0.573 e. The normalized spacial score (nSPS) is 11.7. The number of ether oxygens (including phenoxy) is 1. The number of nitrogens with zero attached hydrogens (tertiary/aromatic N) is 2. The molecule has 0 radical (unpaired) electrons. The number of aromatic amines is 1. The van der Waals surface area contributed by atoms with Crippen LogP contribution >= 0.6 is 0 Å². The first-order chi connectivity index (χ1) is 13.3. The second-order valence-electron chi connectivity index (χ2n) is 5.93. The fourth-order valence-corrected chi connectivity index (χ4v) is 2.89. The zero-order valence-corrected chi connectivity index (χ0v) is 14.0. The van der Waals surface area contributed by atoms with Gasteiger partial charge in [0.05, 0.1) is 6.20 Å². The van der Waals surface area contributed by atoms with Crippen LogP contribution in [-0.2, 0) is 0 Å². The van der Waals surface area contributed by atoms with E-state index in [0.29, 0.717) is 22.2 Å². The number of H-pyrrole nitrogens is 1. The number of halogens is 4. The van der Waals surface area contributed by atoms with E-state index in [-0.39, 0.29) is 5.52 Å². The summed E-state index contributed by atoms with van der Waals surface area (Å²) >= 11 is 0. The van der Waals surface area contributed by atoms with Crippen LogP contribution in [0.1, 0.15) is 0 Å². The van der Waals surface area contributed by atoms with E-state index in [9.17, 15) is 22.4 Å². The summed E-state index contributed by atoms with van der Waals surface area (Å²) in [5.74, 6) is -0.800. The number of alkyl halides is 3. The summed E-state index contributed by atoms with van der Waals surface area (Å²) in [6.07, 6.45) is -1.78. The molecule has 28 heavy (non-hydrogen) atoms. The Balaban J connectivity index is 1.85. The Morgan fingerprint density at radius 3 is 2.32 bits per heavy atom. The smallest absolute Gasteiger partial charge is 0.406 e. The van der Waals surface area contributed by atoms with Gasteiger partial charge in [-0.1, -0.05) is 12.1 Å². The number of pyridine rings is 1. The van der Waals surface area contributed by atoms with Crippen molar-refractivity contribution in [3.8, 4) is 22.6 Å². The Hall–Kier alpha value is -3.62. The van der Waals surface area contributed by atoms with Crippen LogP contribution in [0.5, 0.6) is 5.75 Å². The number of benzene rings is 2. The highest BCUT2D eigenvalue weighted by atomic mass is 19.4. The second kappa shape index (κ2) is 6.52. The molecule has 0 fully saturated rings. The maximum atomic E-state index is 13.3. The van der Waals surface area contributed by atoms with Crippen LogP contribution in [0.3, 0.4) is 0 Å². The molecule has 5 nitrogen and oxygen atoms in total. The maximum absolute atomic E-state index is 13.3. The fourth-order valence-electron chi connectivity index (χ4n) is 2.89. The molecule has 2 heterocycles. The molecule has 1 N–H and O–H groups in total. The van der Waals surface area contributed by atoms with Crippen LogP contribution in [0.2, 0.25) is 0 Å². The van der Waals surface area contributed by atoms with Crippen LogP contribution in [-0.4, -0.2) is 21.1 Å². The standard InChI is InChI=1S/C19H11F4N3O2/c20-12-3-1-11(2-4-12)16-10-26(18(27)17-15(16)9-24-25-17)13-5-7-14(8-6-13)28-19(21,22)23/h1-10H,(H,24,25). The first-order valence-electron chi connectivity index (χ1n) is 8.03. The molecule has 0 bridgehead atoms.